The SMILES string of the molecule is COc1ccc(N/N=C2\C(=O)c3ccc(Nc4nc(N5CCOCC5)[nH]c(=Nc5cc(S(=O)(=O)O)cc6c5C(=O)/C(=N/Nc5ccccc5S(=O)(=O)O)C(S(=O)(=O)O)=C6)n4)cc3C=C2S(=O)(=O)O)c(S(=O)(=O)O)c1. The number of rotatable bonds is 14. The van der Waals surface area contributed by atoms with Gasteiger partial charge in [-0.05, 0) is 77.9 Å². The van der Waals surface area contributed by atoms with Crippen molar-refractivity contribution in [2.24, 2.45) is 15.2 Å². The second kappa shape index (κ2) is 19.7. The molecule has 0 spiro atoms. The number of carbonyl (C=O) groups is 2. The van der Waals surface area contributed by atoms with E-state index in [1.165, 1.54) is 43.5 Å². The van der Waals surface area contributed by atoms with Crippen molar-refractivity contribution in [3.63, 3.8) is 0 Å². The third-order valence-corrected chi connectivity index (χ3v) is 15.0. The van der Waals surface area contributed by atoms with Gasteiger partial charge in [-0.3, -0.25) is 48.2 Å². The van der Waals surface area contributed by atoms with Gasteiger partial charge in [0, 0.05) is 30.4 Å². The van der Waals surface area contributed by atoms with Crippen LogP contribution in [-0.4, -0.2) is 136 Å². The first-order valence-corrected chi connectivity index (χ1v) is 27.6. The number of benzene rings is 4. The zero-order valence-electron chi connectivity index (χ0n) is 37.1. The monoisotopic (exact) mass is 1120 g/mol. The van der Waals surface area contributed by atoms with Crippen molar-refractivity contribution in [2.75, 3.05) is 54.5 Å². The standard InChI is InChI=1S/C40H34N10O19S5/c1-68-23-7-9-27(30(18-23)72(59,60)61)47-48-34-31(73(62,63)64)16-20-14-22(6-8-25(20)36(34)51)41-38-43-39(45-40(44-38)50-10-12-69-13-11-50)42-28-19-24(70(53,54)55)15-21-17-32(74(65,66)67)35(37(52)33(21)28)49-46-26-4-2-3-5-29(26)71(56,57)58/h2-9,14-19,46-47H,10-13H2,1H3,(H,53,54,55)(H,56,57,58)(H,59,60,61)(H,62,63,64)(H,65,66,67)(H2,41,42,43,44,45)/b48-34-,49-35+. The molecule has 1 fully saturated rings. The van der Waals surface area contributed by atoms with Crippen LogP contribution in [0.4, 0.5) is 34.6 Å². The predicted molar refractivity (Wildman–Crippen MR) is 260 cm³/mol. The number of ether oxygens (including phenoxy) is 2. The second-order valence-corrected chi connectivity index (χ2v) is 22.4. The van der Waals surface area contributed by atoms with Gasteiger partial charge >= 0.3 is 0 Å². The van der Waals surface area contributed by atoms with E-state index in [-0.39, 0.29) is 60.8 Å². The normalized spacial score (nSPS) is 16.8. The van der Waals surface area contributed by atoms with Crippen LogP contribution < -0.4 is 31.4 Å². The number of ketones is 2. The van der Waals surface area contributed by atoms with Gasteiger partial charge < -0.3 is 19.7 Å². The summed E-state index contributed by atoms with van der Waals surface area (Å²) >= 11 is 0. The summed E-state index contributed by atoms with van der Waals surface area (Å²) in [7, 11) is -24.5. The fraction of sp³-hybridized carbons (Fsp3) is 0.125. The number of anilines is 5. The Balaban J connectivity index is 1.23. The minimum atomic E-state index is -5.40. The van der Waals surface area contributed by atoms with Crippen LogP contribution in [0.1, 0.15) is 31.8 Å². The highest BCUT2D eigenvalue weighted by atomic mass is 32.2. The quantitative estimate of drug-likeness (QED) is 0.0568. The number of hydrogen-bond donors (Lipinski definition) is 9. The lowest BCUT2D eigenvalue weighted by molar-refractivity contribution is 0.105. The lowest BCUT2D eigenvalue weighted by Crippen LogP contribution is -2.38. The second-order valence-electron chi connectivity index (χ2n) is 15.4. The van der Waals surface area contributed by atoms with Gasteiger partial charge in [-0.1, -0.05) is 12.1 Å². The first-order valence-electron chi connectivity index (χ1n) is 20.4. The highest BCUT2D eigenvalue weighted by Gasteiger charge is 2.37. The van der Waals surface area contributed by atoms with Crippen LogP contribution in [0.5, 0.6) is 5.75 Å². The molecule has 74 heavy (non-hydrogen) atoms. The molecule has 0 saturated carbocycles. The summed E-state index contributed by atoms with van der Waals surface area (Å²) in [5, 5.41) is 10.4. The van der Waals surface area contributed by atoms with Crippen LogP contribution in [0.2, 0.25) is 0 Å². The average Bonchev–Trinajstić information content (AvgIpc) is 3.32. The molecule has 3 aliphatic rings. The summed E-state index contributed by atoms with van der Waals surface area (Å²) in [5.74, 6) is -2.72. The topological polar surface area (TPSA) is 442 Å². The summed E-state index contributed by atoms with van der Waals surface area (Å²) < 4.78 is 185. The number of methoxy groups -OCH3 is 1. The molecule has 5 aromatic rings. The van der Waals surface area contributed by atoms with Crippen molar-refractivity contribution in [1.82, 2.24) is 15.0 Å². The van der Waals surface area contributed by atoms with Crippen molar-refractivity contribution < 1.29 is 83.9 Å². The van der Waals surface area contributed by atoms with Crippen LogP contribution in [0.3, 0.4) is 0 Å². The maximum Gasteiger partial charge on any atom is 0.296 e. The first-order chi connectivity index (χ1) is 34.6. The number of morpholine rings is 1. The van der Waals surface area contributed by atoms with Crippen LogP contribution in [0, 0.1) is 0 Å². The molecular formula is C40H34N10O19S5. The van der Waals surface area contributed by atoms with E-state index >= 15 is 0 Å². The highest BCUT2D eigenvalue weighted by Crippen LogP contribution is 2.36. The number of hydrogen-bond acceptors (Lipinski definition) is 23. The molecule has 9 N–H and O–H groups in total. The summed E-state index contributed by atoms with van der Waals surface area (Å²) in [6.45, 7) is 0.882. The molecule has 2 heterocycles. The molecule has 1 aliphatic heterocycles. The van der Waals surface area contributed by atoms with Gasteiger partial charge in [0.15, 0.2) is 11.4 Å². The van der Waals surface area contributed by atoms with E-state index in [2.05, 4.69) is 46.3 Å². The van der Waals surface area contributed by atoms with Crippen molar-refractivity contribution in [1.29, 1.82) is 0 Å². The first kappa shape index (κ1) is 52.7. The van der Waals surface area contributed by atoms with Crippen LogP contribution in [0.25, 0.3) is 12.2 Å². The molecule has 4 aromatic carbocycles. The van der Waals surface area contributed by atoms with Gasteiger partial charge in [0.05, 0.1) is 47.8 Å². The summed E-state index contributed by atoms with van der Waals surface area (Å²) in [6.07, 6.45) is 1.50. The lowest BCUT2D eigenvalue weighted by Gasteiger charge is -2.27. The molecule has 0 unspecified atom stereocenters. The number of nitrogens with one attached hydrogen (secondary N) is 4. The smallest absolute Gasteiger partial charge is 0.296 e. The summed E-state index contributed by atoms with van der Waals surface area (Å²) in [5.41, 5.74) is -0.881. The molecule has 1 aromatic heterocycles. The zero-order valence-corrected chi connectivity index (χ0v) is 41.2. The van der Waals surface area contributed by atoms with Crippen molar-refractivity contribution in [3.05, 3.63) is 110 Å². The molecule has 388 valence electrons. The van der Waals surface area contributed by atoms with Gasteiger partial charge in [0.1, 0.15) is 25.4 Å². The minimum absolute atomic E-state index is 0.00227. The predicted octanol–water partition coefficient (Wildman–Crippen LogP) is 2.15. The Bertz CT molecular complexity index is 4040. The Morgan fingerprint density at radius 2 is 1.27 bits per heavy atom. The average molecular weight is 1120 g/mol. The number of hydrazone groups is 2. The van der Waals surface area contributed by atoms with Crippen molar-refractivity contribution in [3.8, 4) is 5.75 Å². The van der Waals surface area contributed by atoms with Crippen LogP contribution in [0.15, 0.2) is 112 Å². The van der Waals surface area contributed by atoms with E-state index in [1.54, 1.807) is 4.90 Å². The van der Waals surface area contributed by atoms with Gasteiger partial charge in [-0.25, -0.2) is 4.99 Å². The molecule has 1 saturated heterocycles. The maximum atomic E-state index is 14.4. The van der Waals surface area contributed by atoms with Gasteiger partial charge in [0.2, 0.25) is 29.1 Å². The van der Waals surface area contributed by atoms with E-state index in [1.807, 2.05) is 0 Å². The highest BCUT2D eigenvalue weighted by molar-refractivity contribution is 7.91. The summed E-state index contributed by atoms with van der Waals surface area (Å²) in [6, 6.07) is 13.0. The van der Waals surface area contributed by atoms with E-state index in [0.29, 0.717) is 18.2 Å². The molecule has 2 aliphatic carbocycles. The zero-order chi connectivity index (χ0) is 53.7. The molecular weight excluding hydrogens is 1080 g/mol. The third-order valence-electron chi connectivity index (χ3n) is 10.6. The lowest BCUT2D eigenvalue weighted by atomic mass is 9.93. The number of H-pyrrole nitrogens is 1. The number of para-hydroxylation sites is 1. The molecule has 0 atom stereocenters. The number of nitrogens with zero attached hydrogens (tertiary/aromatic N) is 6. The fourth-order valence-electron chi connectivity index (χ4n) is 7.29. The number of aromatic amines is 1. The van der Waals surface area contributed by atoms with Crippen molar-refractivity contribution >= 4 is 120 Å². The van der Waals surface area contributed by atoms with E-state index in [4.69, 9.17) is 9.47 Å². The molecule has 0 radical (unpaired) electrons. The van der Waals surface area contributed by atoms with Crippen LogP contribution >= 0.6 is 0 Å². The number of fused-ring (bicyclic) bond motifs is 2. The van der Waals surface area contributed by atoms with Gasteiger partial charge in [-0.2, -0.15) is 62.3 Å². The number of allylic oxidation sites excluding steroid dienone is 2. The van der Waals surface area contributed by atoms with E-state index in [0.717, 1.165) is 30.3 Å². The Morgan fingerprint density at radius 3 is 1.88 bits per heavy atom. The van der Waals surface area contributed by atoms with Gasteiger partial charge in [0.25, 0.3) is 50.6 Å². The fourth-order valence-corrected chi connectivity index (χ4v) is 10.4. The van der Waals surface area contributed by atoms with Gasteiger partial charge in [-0.15, -0.1) is 0 Å². The third kappa shape index (κ3) is 11.3. The number of carbonyl (C=O) groups excluding carboxylic acids is 2. The molecule has 0 bridgehead atoms. The molecule has 8 rings (SSSR count). The maximum absolute atomic E-state index is 14.4. The van der Waals surface area contributed by atoms with Crippen LogP contribution in [-0.2, 0) is 55.3 Å². The molecule has 29 nitrogen and oxygen atoms in total. The Labute approximate surface area is 417 Å². The Kier molecular flexibility index (Phi) is 14.0. The Morgan fingerprint density at radius 1 is 0.662 bits per heavy atom. The molecule has 0 amide bonds. The summed E-state index contributed by atoms with van der Waals surface area (Å²) in [4.78, 5) is 41.2. The van der Waals surface area contributed by atoms with E-state index < -0.39 is 132 Å². The minimum Gasteiger partial charge on any atom is -0.497 e. The Hall–Kier alpha value is -7.64. The van der Waals surface area contributed by atoms with Crippen molar-refractivity contribution in [2.45, 2.75) is 14.7 Å². The van der Waals surface area contributed by atoms with E-state index in [9.17, 15) is 74.4 Å². The number of aromatic nitrogens is 3. The molecule has 34 heteroatoms. The number of Topliss-reactive ketones (excluding diaryl/α,β-unsaturated/α-hetero) is 2. The largest absolute Gasteiger partial charge is 0.497 e.